The topological polar surface area (TPSA) is 41.1 Å². The molecule has 1 atom stereocenters. The highest BCUT2D eigenvalue weighted by molar-refractivity contribution is 5.74. The molecule has 0 spiro atoms. The Morgan fingerprint density at radius 1 is 1.50 bits per heavy atom. The predicted octanol–water partition coefficient (Wildman–Crippen LogP) is 1.74. The lowest BCUT2D eigenvalue weighted by Crippen LogP contribution is -2.35. The van der Waals surface area contributed by atoms with Gasteiger partial charge in [-0.25, -0.2) is 4.79 Å². The quantitative estimate of drug-likeness (QED) is 0.621. The largest absolute Gasteiger partial charge is 0.338 e. The van der Waals surface area contributed by atoms with E-state index in [1.54, 1.807) is 0 Å². The lowest BCUT2D eigenvalue weighted by Gasteiger charge is -2.24. The summed E-state index contributed by atoms with van der Waals surface area (Å²) in [5, 5.41) is 5.62. The first kappa shape index (κ1) is 11.3. The van der Waals surface area contributed by atoms with Crippen molar-refractivity contribution in [1.82, 2.24) is 10.6 Å². The zero-order valence-corrected chi connectivity index (χ0v) is 7.24. The van der Waals surface area contributed by atoms with Crippen molar-refractivity contribution in [2.75, 3.05) is 13.1 Å². The van der Waals surface area contributed by atoms with Crippen LogP contribution in [-0.4, -0.2) is 19.1 Å². The van der Waals surface area contributed by atoms with Gasteiger partial charge in [0.15, 0.2) is 0 Å². The van der Waals surface area contributed by atoms with Gasteiger partial charge >= 0.3 is 6.03 Å². The van der Waals surface area contributed by atoms with E-state index in [0.29, 0.717) is 5.41 Å². The maximum atomic E-state index is 10.9. The van der Waals surface area contributed by atoms with E-state index in [-0.39, 0.29) is 13.5 Å². The van der Waals surface area contributed by atoms with Gasteiger partial charge in [0.25, 0.3) is 0 Å². The van der Waals surface area contributed by atoms with Crippen molar-refractivity contribution < 1.29 is 4.79 Å². The normalized spacial score (nSPS) is 29.3. The lowest BCUT2D eigenvalue weighted by atomic mass is 9.84. The van der Waals surface area contributed by atoms with E-state index in [0.717, 1.165) is 25.9 Å². The highest BCUT2D eigenvalue weighted by atomic mass is 16.2. The van der Waals surface area contributed by atoms with Crippen LogP contribution >= 0.6 is 0 Å². The van der Waals surface area contributed by atoms with Crippen LogP contribution in [0, 0.1) is 5.41 Å². The van der Waals surface area contributed by atoms with Gasteiger partial charge in [-0.2, -0.15) is 0 Å². The maximum absolute atomic E-state index is 10.9. The third-order valence-electron chi connectivity index (χ3n) is 2.54. The van der Waals surface area contributed by atoms with Gasteiger partial charge in [-0.3, -0.25) is 0 Å². The number of hydrogen-bond donors (Lipinski definition) is 2. The summed E-state index contributed by atoms with van der Waals surface area (Å²) in [6.45, 7) is 5.98. The molecule has 2 amide bonds. The molecule has 72 valence electrons. The van der Waals surface area contributed by atoms with Crippen LogP contribution in [0.1, 0.15) is 34.1 Å². The summed E-state index contributed by atoms with van der Waals surface area (Å²) >= 11 is 0. The van der Waals surface area contributed by atoms with Crippen LogP contribution in [0.3, 0.4) is 0 Å². The Kier molecular flexibility index (Phi) is 4.07. The van der Waals surface area contributed by atoms with E-state index in [9.17, 15) is 4.79 Å². The van der Waals surface area contributed by atoms with Gasteiger partial charge in [0.05, 0.1) is 0 Å². The lowest BCUT2D eigenvalue weighted by molar-refractivity contribution is 0.239. The Hall–Kier alpha value is -0.730. The van der Waals surface area contributed by atoms with Crippen LogP contribution in [0.5, 0.6) is 0 Å². The zero-order chi connectivity index (χ0) is 8.32. The number of rotatable bonds is 1. The van der Waals surface area contributed by atoms with Gasteiger partial charge in [-0.15, -0.1) is 0 Å². The molecule has 3 heteroatoms. The average molecular weight is 172 g/mol. The van der Waals surface area contributed by atoms with Gasteiger partial charge in [-0.1, -0.05) is 21.3 Å². The first-order valence-corrected chi connectivity index (χ1v) is 4.18. The molecule has 0 saturated carbocycles. The number of carbonyl (C=O) groups is 1. The van der Waals surface area contributed by atoms with Crippen molar-refractivity contribution in [2.45, 2.75) is 34.1 Å². The molecule has 1 unspecified atom stereocenters. The van der Waals surface area contributed by atoms with Gasteiger partial charge in [0.1, 0.15) is 0 Å². The van der Waals surface area contributed by atoms with E-state index in [1.165, 1.54) is 0 Å². The molecule has 1 saturated heterocycles. The van der Waals surface area contributed by atoms with E-state index < -0.39 is 0 Å². The second-order valence-electron chi connectivity index (χ2n) is 3.52. The summed E-state index contributed by atoms with van der Waals surface area (Å²) in [4.78, 5) is 10.9. The number of carbonyl (C=O) groups excluding carboxylic acids is 1. The molecule has 1 fully saturated rings. The Morgan fingerprint density at radius 2 is 2.17 bits per heavy atom. The standard InChI is InChI=1S/C8H16N2O.CH4/c1-3-8(2)4-5-9-7(11)10-6-8;/h3-6H2,1-2H3,(H2,9,10,11);1H4. The van der Waals surface area contributed by atoms with Crippen molar-refractivity contribution in [3.05, 3.63) is 0 Å². The van der Waals surface area contributed by atoms with Crippen molar-refractivity contribution in [3.63, 3.8) is 0 Å². The fourth-order valence-corrected chi connectivity index (χ4v) is 1.22. The third kappa shape index (κ3) is 2.72. The van der Waals surface area contributed by atoms with Crippen LogP contribution in [0.2, 0.25) is 0 Å². The molecular weight excluding hydrogens is 152 g/mol. The van der Waals surface area contributed by atoms with E-state index in [4.69, 9.17) is 0 Å². The molecular formula is C9H20N2O. The summed E-state index contributed by atoms with van der Waals surface area (Å²) in [5.74, 6) is 0. The minimum Gasteiger partial charge on any atom is -0.338 e. The maximum Gasteiger partial charge on any atom is 0.314 e. The van der Waals surface area contributed by atoms with Crippen molar-refractivity contribution in [3.8, 4) is 0 Å². The molecule has 0 aromatic rings. The van der Waals surface area contributed by atoms with E-state index in [2.05, 4.69) is 24.5 Å². The van der Waals surface area contributed by atoms with Crippen molar-refractivity contribution in [2.24, 2.45) is 5.41 Å². The molecule has 3 nitrogen and oxygen atoms in total. The molecule has 0 bridgehead atoms. The molecule has 1 rings (SSSR count). The number of amides is 2. The molecule has 0 aliphatic carbocycles. The molecule has 1 aliphatic rings. The Morgan fingerprint density at radius 3 is 2.75 bits per heavy atom. The van der Waals surface area contributed by atoms with Gasteiger partial charge in [0, 0.05) is 13.1 Å². The Balaban J connectivity index is 0.00000121. The first-order chi connectivity index (χ1) is 5.16. The van der Waals surface area contributed by atoms with Gasteiger partial charge in [-0.05, 0) is 18.3 Å². The van der Waals surface area contributed by atoms with Gasteiger partial charge in [0.2, 0.25) is 0 Å². The number of nitrogens with one attached hydrogen (secondary N) is 2. The van der Waals surface area contributed by atoms with Crippen molar-refractivity contribution >= 4 is 6.03 Å². The first-order valence-electron chi connectivity index (χ1n) is 4.18. The van der Waals surface area contributed by atoms with E-state index in [1.807, 2.05) is 0 Å². The molecule has 1 heterocycles. The number of hydrogen-bond acceptors (Lipinski definition) is 1. The third-order valence-corrected chi connectivity index (χ3v) is 2.54. The molecule has 12 heavy (non-hydrogen) atoms. The second kappa shape index (κ2) is 4.33. The summed E-state index contributed by atoms with van der Waals surface area (Å²) < 4.78 is 0. The summed E-state index contributed by atoms with van der Waals surface area (Å²) in [6.07, 6.45) is 2.19. The zero-order valence-electron chi connectivity index (χ0n) is 7.24. The highest BCUT2D eigenvalue weighted by Crippen LogP contribution is 2.24. The number of urea groups is 1. The second-order valence-corrected chi connectivity index (χ2v) is 3.52. The SMILES string of the molecule is C.CCC1(C)CCNC(=O)NC1. The van der Waals surface area contributed by atoms with Gasteiger partial charge < -0.3 is 10.6 Å². The van der Waals surface area contributed by atoms with Crippen molar-refractivity contribution in [1.29, 1.82) is 0 Å². The summed E-state index contributed by atoms with van der Waals surface area (Å²) in [5.41, 5.74) is 0.291. The fourth-order valence-electron chi connectivity index (χ4n) is 1.22. The minimum absolute atomic E-state index is 0. The van der Waals surface area contributed by atoms with Crippen LogP contribution in [0.25, 0.3) is 0 Å². The fraction of sp³-hybridized carbons (Fsp3) is 0.889. The Bertz CT molecular complexity index is 159. The molecule has 2 N–H and O–H groups in total. The van der Waals surface area contributed by atoms with Crippen LogP contribution in [0.15, 0.2) is 0 Å². The highest BCUT2D eigenvalue weighted by Gasteiger charge is 2.24. The van der Waals surface area contributed by atoms with Crippen LogP contribution in [-0.2, 0) is 0 Å². The van der Waals surface area contributed by atoms with E-state index >= 15 is 0 Å². The Labute approximate surface area is 74.9 Å². The minimum atomic E-state index is -0.0258. The molecule has 0 radical (unpaired) electrons. The molecule has 1 aliphatic heterocycles. The molecule has 0 aromatic heterocycles. The smallest absolute Gasteiger partial charge is 0.314 e. The average Bonchev–Trinajstić information content (AvgIpc) is 2.15. The van der Waals surface area contributed by atoms with Crippen LogP contribution < -0.4 is 10.6 Å². The van der Waals surface area contributed by atoms with Crippen LogP contribution in [0.4, 0.5) is 4.79 Å². The monoisotopic (exact) mass is 172 g/mol. The summed E-state index contributed by atoms with van der Waals surface area (Å²) in [6, 6.07) is -0.0258. The summed E-state index contributed by atoms with van der Waals surface area (Å²) in [7, 11) is 0. The molecule has 0 aromatic carbocycles. The predicted molar refractivity (Wildman–Crippen MR) is 51.1 cm³/mol.